The quantitative estimate of drug-likeness (QED) is 0.939. The van der Waals surface area contributed by atoms with Crippen LogP contribution in [-0.4, -0.2) is 54.2 Å². The van der Waals surface area contributed by atoms with Gasteiger partial charge in [0.2, 0.25) is 0 Å². The number of hydrogen-bond donors (Lipinski definition) is 1. The normalized spacial score (nSPS) is 19.1. The Morgan fingerprint density at radius 3 is 2.95 bits per heavy atom. The van der Waals surface area contributed by atoms with Gasteiger partial charge in [-0.25, -0.2) is 9.78 Å². The number of hydrogen-bond acceptors (Lipinski definition) is 5. The van der Waals surface area contributed by atoms with Gasteiger partial charge in [-0.1, -0.05) is 0 Å². The summed E-state index contributed by atoms with van der Waals surface area (Å²) in [6.45, 7) is 1.97. The van der Waals surface area contributed by atoms with E-state index in [0.29, 0.717) is 10.9 Å². The van der Waals surface area contributed by atoms with E-state index in [2.05, 4.69) is 28.9 Å². The molecule has 1 saturated heterocycles. The van der Waals surface area contributed by atoms with Crippen LogP contribution in [0.2, 0.25) is 0 Å². The lowest BCUT2D eigenvalue weighted by Gasteiger charge is -2.21. The molecule has 0 aliphatic carbocycles. The largest absolute Gasteiger partial charge is 0.477 e. The molecule has 3 rings (SSSR count). The molecule has 0 amide bonds. The Bertz CT molecular complexity index is 653. The fourth-order valence-corrected chi connectivity index (χ4v) is 3.43. The van der Waals surface area contributed by atoms with Crippen LogP contribution in [0.15, 0.2) is 18.2 Å². The van der Waals surface area contributed by atoms with Gasteiger partial charge in [0.05, 0.1) is 0 Å². The molecule has 106 valence electrons. The first-order chi connectivity index (χ1) is 9.54. The number of carbonyl (C=O) groups is 1. The maximum Gasteiger partial charge on any atom is 0.345 e. The lowest BCUT2D eigenvalue weighted by atomic mass is 10.2. The number of carboxylic acids is 1. The monoisotopic (exact) mass is 291 g/mol. The number of likely N-dealkylation sites (N-methyl/N-ethyl adjacent to an activating group) is 1. The van der Waals surface area contributed by atoms with Gasteiger partial charge in [0.1, 0.15) is 15.5 Å². The Labute approximate surface area is 121 Å². The van der Waals surface area contributed by atoms with Crippen molar-refractivity contribution in [3.63, 3.8) is 0 Å². The number of aromatic carboxylic acids is 1. The van der Waals surface area contributed by atoms with Gasteiger partial charge in [0, 0.05) is 24.5 Å². The van der Waals surface area contributed by atoms with Gasteiger partial charge in [-0.3, -0.25) is 0 Å². The highest BCUT2D eigenvalue weighted by molar-refractivity contribution is 7.20. The van der Waals surface area contributed by atoms with E-state index in [4.69, 9.17) is 5.11 Å². The molecule has 1 N–H and O–H groups in total. The Morgan fingerprint density at radius 2 is 2.30 bits per heavy atom. The molecule has 20 heavy (non-hydrogen) atoms. The van der Waals surface area contributed by atoms with Crippen LogP contribution in [0, 0.1) is 0 Å². The molecule has 0 unspecified atom stereocenters. The average molecular weight is 291 g/mol. The summed E-state index contributed by atoms with van der Waals surface area (Å²) in [6.07, 6.45) is 1.14. The standard InChI is InChI=1S/C14H17N3O2S/c1-16(2)10-5-6-17(8-10)12-4-3-9-7-11(14(18)19)20-13(9)15-12/h3-4,7,10H,5-6,8H2,1-2H3,(H,18,19)/t10-/m1/s1. The van der Waals surface area contributed by atoms with E-state index in [1.807, 2.05) is 12.1 Å². The van der Waals surface area contributed by atoms with Gasteiger partial charge in [0.25, 0.3) is 0 Å². The summed E-state index contributed by atoms with van der Waals surface area (Å²) < 4.78 is 0. The molecule has 1 fully saturated rings. The predicted octanol–water partition coefficient (Wildman–Crippen LogP) is 2.13. The van der Waals surface area contributed by atoms with E-state index in [0.717, 1.165) is 35.5 Å². The summed E-state index contributed by atoms with van der Waals surface area (Å²) >= 11 is 1.24. The lowest BCUT2D eigenvalue weighted by molar-refractivity contribution is 0.0702. The van der Waals surface area contributed by atoms with Crippen molar-refractivity contribution < 1.29 is 9.90 Å². The smallest absolute Gasteiger partial charge is 0.345 e. The van der Waals surface area contributed by atoms with Crippen molar-refractivity contribution in [2.24, 2.45) is 0 Å². The number of nitrogens with zero attached hydrogens (tertiary/aromatic N) is 3. The van der Waals surface area contributed by atoms with Gasteiger partial charge >= 0.3 is 5.97 Å². The van der Waals surface area contributed by atoms with Crippen molar-refractivity contribution in [1.29, 1.82) is 0 Å². The minimum Gasteiger partial charge on any atom is -0.477 e. The van der Waals surface area contributed by atoms with Crippen LogP contribution >= 0.6 is 11.3 Å². The van der Waals surface area contributed by atoms with E-state index in [1.165, 1.54) is 11.3 Å². The molecule has 5 nitrogen and oxygen atoms in total. The molecule has 0 saturated carbocycles. The van der Waals surface area contributed by atoms with Crippen molar-refractivity contribution in [3.05, 3.63) is 23.1 Å². The van der Waals surface area contributed by atoms with Gasteiger partial charge < -0.3 is 14.9 Å². The van der Waals surface area contributed by atoms with Crippen LogP contribution in [0.25, 0.3) is 10.2 Å². The minimum absolute atomic E-state index is 0.345. The average Bonchev–Trinajstić information content (AvgIpc) is 3.04. The summed E-state index contributed by atoms with van der Waals surface area (Å²) in [5.74, 6) is 0.0593. The summed E-state index contributed by atoms with van der Waals surface area (Å²) in [7, 11) is 4.20. The van der Waals surface area contributed by atoms with E-state index in [1.54, 1.807) is 6.07 Å². The molecule has 2 aromatic rings. The van der Waals surface area contributed by atoms with E-state index in [9.17, 15) is 4.79 Å². The number of rotatable bonds is 3. The minimum atomic E-state index is -0.886. The topological polar surface area (TPSA) is 56.7 Å². The van der Waals surface area contributed by atoms with Crippen molar-refractivity contribution in [1.82, 2.24) is 9.88 Å². The van der Waals surface area contributed by atoms with Gasteiger partial charge in [-0.05, 0) is 38.7 Å². The summed E-state index contributed by atoms with van der Waals surface area (Å²) in [5, 5.41) is 9.93. The third-order valence-corrected chi connectivity index (χ3v) is 4.83. The Hall–Kier alpha value is -1.66. The summed E-state index contributed by atoms with van der Waals surface area (Å²) in [5.41, 5.74) is 0. The zero-order valence-electron chi connectivity index (χ0n) is 11.5. The molecular weight excluding hydrogens is 274 g/mol. The zero-order valence-corrected chi connectivity index (χ0v) is 12.4. The van der Waals surface area contributed by atoms with Crippen LogP contribution in [0.4, 0.5) is 5.82 Å². The van der Waals surface area contributed by atoms with Crippen molar-refractivity contribution in [3.8, 4) is 0 Å². The van der Waals surface area contributed by atoms with Crippen LogP contribution in [0.3, 0.4) is 0 Å². The molecule has 0 aromatic carbocycles. The number of aromatic nitrogens is 1. The van der Waals surface area contributed by atoms with Crippen molar-refractivity contribution in [2.45, 2.75) is 12.5 Å². The Balaban J connectivity index is 1.88. The summed E-state index contributed by atoms with van der Waals surface area (Å²) in [4.78, 5) is 21.3. The van der Waals surface area contributed by atoms with Crippen LogP contribution < -0.4 is 4.90 Å². The first-order valence-electron chi connectivity index (χ1n) is 6.60. The zero-order chi connectivity index (χ0) is 14.3. The van der Waals surface area contributed by atoms with Crippen LogP contribution in [-0.2, 0) is 0 Å². The highest BCUT2D eigenvalue weighted by Gasteiger charge is 2.25. The Morgan fingerprint density at radius 1 is 1.50 bits per heavy atom. The van der Waals surface area contributed by atoms with Gasteiger partial charge in [-0.2, -0.15) is 0 Å². The Kier molecular flexibility index (Phi) is 3.35. The molecule has 1 aliphatic heterocycles. The van der Waals surface area contributed by atoms with Gasteiger partial charge in [-0.15, -0.1) is 11.3 Å². The number of thiophene rings is 1. The summed E-state index contributed by atoms with van der Waals surface area (Å²) in [6, 6.07) is 6.19. The number of pyridine rings is 1. The molecule has 0 bridgehead atoms. The van der Waals surface area contributed by atoms with Crippen LogP contribution in [0.5, 0.6) is 0 Å². The SMILES string of the molecule is CN(C)[C@@H]1CCN(c2ccc3cc(C(=O)O)sc3n2)C1. The molecule has 3 heterocycles. The molecule has 2 aromatic heterocycles. The molecule has 1 atom stereocenters. The first kappa shape index (κ1) is 13.3. The predicted molar refractivity (Wildman–Crippen MR) is 80.9 cm³/mol. The fraction of sp³-hybridized carbons (Fsp3) is 0.429. The first-order valence-corrected chi connectivity index (χ1v) is 7.41. The second-order valence-corrected chi connectivity index (χ2v) is 6.36. The lowest BCUT2D eigenvalue weighted by Crippen LogP contribution is -2.31. The van der Waals surface area contributed by atoms with E-state index < -0.39 is 5.97 Å². The molecule has 0 spiro atoms. The third kappa shape index (κ3) is 2.36. The third-order valence-electron chi connectivity index (χ3n) is 3.80. The fourth-order valence-electron chi connectivity index (χ4n) is 2.56. The second-order valence-electron chi connectivity index (χ2n) is 5.33. The highest BCUT2D eigenvalue weighted by atomic mass is 32.1. The second kappa shape index (κ2) is 5.03. The number of carboxylic acid groups (broad SMARTS) is 1. The van der Waals surface area contributed by atoms with Crippen LogP contribution in [0.1, 0.15) is 16.1 Å². The van der Waals surface area contributed by atoms with Crippen molar-refractivity contribution >= 4 is 33.3 Å². The number of anilines is 1. The maximum atomic E-state index is 11.0. The molecule has 0 radical (unpaired) electrons. The van der Waals surface area contributed by atoms with E-state index >= 15 is 0 Å². The molecular formula is C14H17N3O2S. The molecule has 1 aliphatic rings. The highest BCUT2D eigenvalue weighted by Crippen LogP contribution is 2.28. The van der Waals surface area contributed by atoms with E-state index in [-0.39, 0.29) is 0 Å². The number of fused-ring (bicyclic) bond motifs is 1. The van der Waals surface area contributed by atoms with Crippen molar-refractivity contribution in [2.75, 3.05) is 32.1 Å². The van der Waals surface area contributed by atoms with Gasteiger partial charge in [0.15, 0.2) is 0 Å². The maximum absolute atomic E-state index is 11.0. The molecule has 6 heteroatoms.